The van der Waals surface area contributed by atoms with Crippen LogP contribution in [-0.4, -0.2) is 21.4 Å². The Bertz CT molecular complexity index is 1150. The average Bonchev–Trinajstić information content (AvgIpc) is 2.70. The van der Waals surface area contributed by atoms with Gasteiger partial charge in [-0.25, -0.2) is 8.42 Å². The Labute approximate surface area is 174 Å². The first-order valence-corrected chi connectivity index (χ1v) is 10.5. The van der Waals surface area contributed by atoms with E-state index in [1.165, 1.54) is 37.4 Å². The molecule has 0 heterocycles. The molecule has 0 fully saturated rings. The summed E-state index contributed by atoms with van der Waals surface area (Å²) >= 11 is 6.22. The highest BCUT2D eigenvalue weighted by Gasteiger charge is 2.17. The lowest BCUT2D eigenvalue weighted by atomic mass is 10.2. The van der Waals surface area contributed by atoms with Crippen LogP contribution in [0.2, 0.25) is 5.02 Å². The molecule has 0 aliphatic rings. The Kier molecular flexibility index (Phi) is 6.10. The molecule has 29 heavy (non-hydrogen) atoms. The summed E-state index contributed by atoms with van der Waals surface area (Å²) in [6.45, 7) is 1.87. The number of sulfonamides is 1. The predicted molar refractivity (Wildman–Crippen MR) is 114 cm³/mol. The fourth-order valence-electron chi connectivity index (χ4n) is 2.56. The molecule has 0 spiro atoms. The Morgan fingerprint density at radius 3 is 2.38 bits per heavy atom. The van der Waals surface area contributed by atoms with Crippen LogP contribution in [0, 0.1) is 6.92 Å². The first-order chi connectivity index (χ1) is 13.8. The van der Waals surface area contributed by atoms with E-state index in [-0.39, 0.29) is 27.1 Å². The molecule has 1 amide bonds. The van der Waals surface area contributed by atoms with Crippen molar-refractivity contribution in [3.8, 4) is 5.75 Å². The van der Waals surface area contributed by atoms with Crippen LogP contribution >= 0.6 is 11.6 Å². The summed E-state index contributed by atoms with van der Waals surface area (Å²) in [6, 6.07) is 17.7. The standard InChI is InChI=1S/C21H19ClN2O4S/c1-14-6-9-18(10-7-14)29(26,27)24-20-11-8-15(12-19(20)22)21(25)23-16-4-3-5-17(13-16)28-2/h3-13,24H,1-2H3,(H,23,25). The maximum absolute atomic E-state index is 12.5. The summed E-state index contributed by atoms with van der Waals surface area (Å²) in [5.74, 6) is 0.231. The van der Waals surface area contributed by atoms with Gasteiger partial charge in [0.15, 0.2) is 0 Å². The first-order valence-electron chi connectivity index (χ1n) is 8.63. The zero-order valence-electron chi connectivity index (χ0n) is 15.8. The number of ether oxygens (including phenoxy) is 1. The fraction of sp³-hybridized carbons (Fsp3) is 0.0952. The van der Waals surface area contributed by atoms with E-state index >= 15 is 0 Å². The molecule has 150 valence electrons. The highest BCUT2D eigenvalue weighted by atomic mass is 35.5. The number of hydrogen-bond acceptors (Lipinski definition) is 4. The summed E-state index contributed by atoms with van der Waals surface area (Å²) < 4.78 is 32.6. The molecular formula is C21H19ClN2O4S. The summed E-state index contributed by atoms with van der Waals surface area (Å²) in [5, 5.41) is 2.85. The second-order valence-corrected chi connectivity index (χ2v) is 8.39. The fourth-order valence-corrected chi connectivity index (χ4v) is 3.93. The van der Waals surface area contributed by atoms with E-state index < -0.39 is 10.0 Å². The topological polar surface area (TPSA) is 84.5 Å². The van der Waals surface area contributed by atoms with Crippen LogP contribution in [0.4, 0.5) is 11.4 Å². The van der Waals surface area contributed by atoms with Gasteiger partial charge >= 0.3 is 0 Å². The van der Waals surface area contributed by atoms with Crippen LogP contribution in [-0.2, 0) is 10.0 Å². The molecule has 0 unspecified atom stereocenters. The van der Waals surface area contributed by atoms with Crippen molar-refractivity contribution in [2.75, 3.05) is 17.1 Å². The van der Waals surface area contributed by atoms with Gasteiger partial charge in [-0.15, -0.1) is 0 Å². The molecular weight excluding hydrogens is 412 g/mol. The van der Waals surface area contributed by atoms with Crippen molar-refractivity contribution in [1.82, 2.24) is 0 Å². The SMILES string of the molecule is COc1cccc(NC(=O)c2ccc(NS(=O)(=O)c3ccc(C)cc3)c(Cl)c2)c1. The molecule has 0 saturated heterocycles. The lowest BCUT2D eigenvalue weighted by molar-refractivity contribution is 0.102. The van der Waals surface area contributed by atoms with E-state index in [1.54, 1.807) is 36.4 Å². The Morgan fingerprint density at radius 1 is 1.00 bits per heavy atom. The maximum Gasteiger partial charge on any atom is 0.261 e. The summed E-state index contributed by atoms with van der Waals surface area (Å²) in [4.78, 5) is 12.6. The van der Waals surface area contributed by atoms with Gasteiger partial charge in [0.25, 0.3) is 15.9 Å². The van der Waals surface area contributed by atoms with Crippen molar-refractivity contribution >= 4 is 38.9 Å². The molecule has 3 aromatic rings. The van der Waals surface area contributed by atoms with E-state index in [1.807, 2.05) is 6.92 Å². The summed E-state index contributed by atoms with van der Waals surface area (Å²) in [6.07, 6.45) is 0. The van der Waals surface area contributed by atoms with Crippen LogP contribution in [0.5, 0.6) is 5.75 Å². The second kappa shape index (κ2) is 8.55. The van der Waals surface area contributed by atoms with Crippen molar-refractivity contribution in [1.29, 1.82) is 0 Å². The molecule has 3 rings (SSSR count). The average molecular weight is 431 g/mol. The van der Waals surface area contributed by atoms with Gasteiger partial charge in [-0.3, -0.25) is 9.52 Å². The third-order valence-corrected chi connectivity index (χ3v) is 5.83. The van der Waals surface area contributed by atoms with Gasteiger partial charge in [0, 0.05) is 17.3 Å². The van der Waals surface area contributed by atoms with Crippen molar-refractivity contribution in [2.45, 2.75) is 11.8 Å². The summed E-state index contributed by atoms with van der Waals surface area (Å²) in [5.41, 5.74) is 1.99. The second-order valence-electron chi connectivity index (χ2n) is 6.30. The molecule has 3 aromatic carbocycles. The number of hydrogen-bond donors (Lipinski definition) is 2. The molecule has 0 bridgehead atoms. The van der Waals surface area contributed by atoms with Crippen LogP contribution in [0.15, 0.2) is 71.6 Å². The van der Waals surface area contributed by atoms with Crippen molar-refractivity contribution in [3.05, 3.63) is 82.9 Å². The third kappa shape index (κ3) is 5.07. The summed E-state index contributed by atoms with van der Waals surface area (Å²) in [7, 11) is -2.25. The molecule has 0 saturated carbocycles. The van der Waals surface area contributed by atoms with Gasteiger partial charge in [-0.2, -0.15) is 0 Å². The van der Waals surface area contributed by atoms with Crippen molar-refractivity contribution in [2.24, 2.45) is 0 Å². The number of carbonyl (C=O) groups is 1. The van der Waals surface area contributed by atoms with Gasteiger partial charge in [0.05, 0.1) is 22.7 Å². The van der Waals surface area contributed by atoms with Gasteiger partial charge in [-0.1, -0.05) is 35.4 Å². The normalized spacial score (nSPS) is 11.0. The van der Waals surface area contributed by atoms with Gasteiger partial charge < -0.3 is 10.1 Å². The number of carbonyl (C=O) groups excluding carboxylic acids is 1. The third-order valence-electron chi connectivity index (χ3n) is 4.13. The minimum Gasteiger partial charge on any atom is -0.497 e. The van der Waals surface area contributed by atoms with Crippen LogP contribution in [0.1, 0.15) is 15.9 Å². The number of methoxy groups -OCH3 is 1. The van der Waals surface area contributed by atoms with Crippen LogP contribution in [0.25, 0.3) is 0 Å². The number of anilines is 2. The lowest BCUT2D eigenvalue weighted by Crippen LogP contribution is -2.15. The number of aryl methyl sites for hydroxylation is 1. The van der Waals surface area contributed by atoms with Crippen LogP contribution in [0.3, 0.4) is 0 Å². The number of benzene rings is 3. The zero-order valence-corrected chi connectivity index (χ0v) is 17.3. The Balaban J connectivity index is 1.77. The van der Waals surface area contributed by atoms with Crippen molar-refractivity contribution in [3.63, 3.8) is 0 Å². The van der Waals surface area contributed by atoms with E-state index in [0.29, 0.717) is 11.4 Å². The molecule has 2 N–H and O–H groups in total. The molecule has 8 heteroatoms. The van der Waals surface area contributed by atoms with Crippen LogP contribution < -0.4 is 14.8 Å². The highest BCUT2D eigenvalue weighted by molar-refractivity contribution is 7.92. The lowest BCUT2D eigenvalue weighted by Gasteiger charge is -2.12. The maximum atomic E-state index is 12.5. The molecule has 0 aliphatic carbocycles. The quantitative estimate of drug-likeness (QED) is 0.593. The zero-order chi connectivity index (χ0) is 21.0. The minimum absolute atomic E-state index is 0.110. The number of rotatable bonds is 6. The smallest absolute Gasteiger partial charge is 0.261 e. The monoisotopic (exact) mass is 430 g/mol. The molecule has 0 atom stereocenters. The van der Waals surface area contributed by atoms with Gasteiger partial charge in [-0.05, 0) is 49.4 Å². The molecule has 0 aromatic heterocycles. The highest BCUT2D eigenvalue weighted by Crippen LogP contribution is 2.27. The number of nitrogens with one attached hydrogen (secondary N) is 2. The van der Waals surface area contributed by atoms with E-state index in [9.17, 15) is 13.2 Å². The molecule has 6 nitrogen and oxygen atoms in total. The van der Waals surface area contributed by atoms with Crippen molar-refractivity contribution < 1.29 is 17.9 Å². The molecule has 0 aliphatic heterocycles. The molecule has 0 radical (unpaired) electrons. The van der Waals surface area contributed by atoms with E-state index in [0.717, 1.165) is 5.56 Å². The van der Waals surface area contributed by atoms with Gasteiger partial charge in [0.1, 0.15) is 5.75 Å². The van der Waals surface area contributed by atoms with Gasteiger partial charge in [0.2, 0.25) is 0 Å². The largest absolute Gasteiger partial charge is 0.497 e. The predicted octanol–water partition coefficient (Wildman–Crippen LogP) is 4.71. The van der Waals surface area contributed by atoms with E-state index in [4.69, 9.17) is 16.3 Å². The first kappa shape index (κ1) is 20.7. The minimum atomic E-state index is -3.79. The Hall–Kier alpha value is -3.03. The Morgan fingerprint density at radius 2 is 1.72 bits per heavy atom. The number of halogens is 1. The number of amides is 1. The van der Waals surface area contributed by atoms with E-state index in [2.05, 4.69) is 10.0 Å².